The summed E-state index contributed by atoms with van der Waals surface area (Å²) in [5, 5.41) is 5.06. The van der Waals surface area contributed by atoms with Gasteiger partial charge in [0.25, 0.3) is 0 Å². The Morgan fingerprint density at radius 1 is 1.14 bits per heavy atom. The topological polar surface area (TPSA) is 64.6 Å². The van der Waals surface area contributed by atoms with Crippen molar-refractivity contribution in [3.63, 3.8) is 0 Å². The van der Waals surface area contributed by atoms with E-state index in [2.05, 4.69) is 5.32 Å². The standard InChI is InChI=1S/C21H19Cl2NO4S/c1-2-27-21(26)19-14-6-3-4-7-17(14)29-20(19)24-18(25)8-5-11-28-16-10-9-13(22)12-15(16)23/h3-4,6-7,9-10,12H,2,5,8,11H2,1H3,(H,24,25). The van der Waals surface area contributed by atoms with Crippen molar-refractivity contribution in [1.29, 1.82) is 0 Å². The molecule has 1 N–H and O–H groups in total. The zero-order valence-electron chi connectivity index (χ0n) is 15.7. The van der Waals surface area contributed by atoms with E-state index in [9.17, 15) is 9.59 Å². The molecule has 0 spiro atoms. The summed E-state index contributed by atoms with van der Waals surface area (Å²) in [5.74, 6) is -0.126. The predicted octanol–water partition coefficient (Wildman–Crippen LogP) is 6.18. The van der Waals surface area contributed by atoms with Gasteiger partial charge in [0.05, 0.1) is 18.2 Å². The van der Waals surface area contributed by atoms with E-state index in [0.29, 0.717) is 39.4 Å². The van der Waals surface area contributed by atoms with Gasteiger partial charge in [-0.3, -0.25) is 4.79 Å². The molecule has 0 aliphatic carbocycles. The van der Waals surface area contributed by atoms with E-state index in [1.54, 1.807) is 25.1 Å². The molecule has 29 heavy (non-hydrogen) atoms. The van der Waals surface area contributed by atoms with E-state index in [1.165, 1.54) is 11.3 Å². The average molecular weight is 452 g/mol. The summed E-state index contributed by atoms with van der Waals surface area (Å²) in [6.45, 7) is 2.34. The smallest absolute Gasteiger partial charge is 0.341 e. The van der Waals surface area contributed by atoms with Crippen LogP contribution in [0.1, 0.15) is 30.1 Å². The van der Waals surface area contributed by atoms with Crippen molar-refractivity contribution in [1.82, 2.24) is 0 Å². The van der Waals surface area contributed by atoms with Gasteiger partial charge in [0.15, 0.2) is 0 Å². The molecule has 1 amide bonds. The number of carbonyl (C=O) groups excluding carboxylic acids is 2. The first-order chi connectivity index (χ1) is 14.0. The number of hydrogen-bond acceptors (Lipinski definition) is 5. The van der Waals surface area contributed by atoms with E-state index in [0.717, 1.165) is 10.1 Å². The third-order valence-electron chi connectivity index (χ3n) is 4.03. The van der Waals surface area contributed by atoms with E-state index >= 15 is 0 Å². The van der Waals surface area contributed by atoms with Gasteiger partial charge >= 0.3 is 5.97 Å². The maximum atomic E-state index is 12.4. The largest absolute Gasteiger partial charge is 0.492 e. The number of benzene rings is 2. The van der Waals surface area contributed by atoms with Gasteiger partial charge in [-0.05, 0) is 37.6 Å². The molecule has 3 rings (SSSR count). The monoisotopic (exact) mass is 451 g/mol. The van der Waals surface area contributed by atoms with Crippen LogP contribution >= 0.6 is 34.5 Å². The molecule has 0 saturated carbocycles. The van der Waals surface area contributed by atoms with Crippen molar-refractivity contribution in [3.8, 4) is 5.75 Å². The lowest BCUT2D eigenvalue weighted by molar-refractivity contribution is -0.116. The van der Waals surface area contributed by atoms with Crippen molar-refractivity contribution in [2.45, 2.75) is 19.8 Å². The lowest BCUT2D eigenvalue weighted by atomic mass is 10.1. The van der Waals surface area contributed by atoms with Gasteiger partial charge in [0.2, 0.25) is 5.91 Å². The van der Waals surface area contributed by atoms with Gasteiger partial charge in [-0.2, -0.15) is 0 Å². The second-order valence-corrected chi connectivity index (χ2v) is 7.99. The Morgan fingerprint density at radius 2 is 1.93 bits per heavy atom. The van der Waals surface area contributed by atoms with Crippen LogP contribution in [0.2, 0.25) is 10.0 Å². The fourth-order valence-corrected chi connectivity index (χ4v) is 4.31. The van der Waals surface area contributed by atoms with E-state index in [-0.39, 0.29) is 18.9 Å². The highest BCUT2D eigenvalue weighted by Crippen LogP contribution is 2.36. The van der Waals surface area contributed by atoms with Crippen LogP contribution in [-0.4, -0.2) is 25.1 Å². The molecule has 3 aromatic rings. The highest BCUT2D eigenvalue weighted by molar-refractivity contribution is 7.23. The Labute approximate surface area is 182 Å². The summed E-state index contributed by atoms with van der Waals surface area (Å²) in [5.41, 5.74) is 0.394. The van der Waals surface area contributed by atoms with Crippen LogP contribution in [0.25, 0.3) is 10.1 Å². The van der Waals surface area contributed by atoms with Crippen LogP contribution in [-0.2, 0) is 9.53 Å². The quantitative estimate of drug-likeness (QED) is 0.327. The lowest BCUT2D eigenvalue weighted by Gasteiger charge is -2.09. The zero-order valence-corrected chi connectivity index (χ0v) is 18.0. The molecule has 5 nitrogen and oxygen atoms in total. The molecule has 0 atom stereocenters. The third-order valence-corrected chi connectivity index (χ3v) is 5.64. The number of ether oxygens (including phenoxy) is 2. The number of thiophene rings is 1. The SMILES string of the molecule is CCOC(=O)c1c(NC(=O)CCCOc2ccc(Cl)cc2Cl)sc2ccccc12. The summed E-state index contributed by atoms with van der Waals surface area (Å²) in [7, 11) is 0. The summed E-state index contributed by atoms with van der Waals surface area (Å²) >= 11 is 13.3. The van der Waals surface area contributed by atoms with Crippen molar-refractivity contribution in [2.24, 2.45) is 0 Å². The maximum Gasteiger partial charge on any atom is 0.341 e. The van der Waals surface area contributed by atoms with Crippen molar-refractivity contribution in [2.75, 3.05) is 18.5 Å². The fourth-order valence-electron chi connectivity index (χ4n) is 2.74. The van der Waals surface area contributed by atoms with Crippen molar-refractivity contribution < 1.29 is 19.1 Å². The summed E-state index contributed by atoms with van der Waals surface area (Å²) in [4.78, 5) is 24.8. The fraction of sp³-hybridized carbons (Fsp3) is 0.238. The number of carbonyl (C=O) groups is 2. The molecule has 2 aromatic carbocycles. The molecule has 0 radical (unpaired) electrons. The summed E-state index contributed by atoms with van der Waals surface area (Å²) in [6.07, 6.45) is 0.728. The molecule has 0 unspecified atom stereocenters. The maximum absolute atomic E-state index is 12.4. The number of nitrogens with one attached hydrogen (secondary N) is 1. The Hall–Kier alpha value is -2.28. The number of rotatable bonds is 8. The van der Waals surface area contributed by atoms with E-state index in [1.807, 2.05) is 24.3 Å². The van der Waals surface area contributed by atoms with Gasteiger partial charge in [-0.15, -0.1) is 11.3 Å². The van der Waals surface area contributed by atoms with Crippen LogP contribution in [0.15, 0.2) is 42.5 Å². The Morgan fingerprint density at radius 3 is 2.69 bits per heavy atom. The summed E-state index contributed by atoms with van der Waals surface area (Å²) < 4.78 is 11.7. The van der Waals surface area contributed by atoms with Gasteiger partial charge in [0.1, 0.15) is 16.3 Å². The molecule has 0 bridgehead atoms. The predicted molar refractivity (Wildman–Crippen MR) is 118 cm³/mol. The number of hydrogen-bond donors (Lipinski definition) is 1. The van der Waals surface area contributed by atoms with Crippen LogP contribution in [0.3, 0.4) is 0 Å². The number of amides is 1. The molecule has 0 aliphatic heterocycles. The van der Waals surface area contributed by atoms with Crippen molar-refractivity contribution in [3.05, 3.63) is 58.1 Å². The van der Waals surface area contributed by atoms with Gasteiger partial charge < -0.3 is 14.8 Å². The van der Waals surface area contributed by atoms with Gasteiger partial charge in [-0.1, -0.05) is 41.4 Å². The molecule has 0 saturated heterocycles. The molecular formula is C21H19Cl2NO4S. The number of halogens is 2. The number of anilines is 1. The number of esters is 1. The molecule has 1 aromatic heterocycles. The van der Waals surface area contributed by atoms with E-state index in [4.69, 9.17) is 32.7 Å². The Bertz CT molecular complexity index is 1030. The molecule has 0 aliphatic rings. The lowest BCUT2D eigenvalue weighted by Crippen LogP contribution is -2.15. The molecule has 1 heterocycles. The highest BCUT2D eigenvalue weighted by Gasteiger charge is 2.21. The number of fused-ring (bicyclic) bond motifs is 1. The first kappa shape index (κ1) is 21.4. The third kappa shape index (κ3) is 5.41. The zero-order chi connectivity index (χ0) is 20.8. The molecular weight excluding hydrogens is 433 g/mol. The van der Waals surface area contributed by atoms with Crippen LogP contribution in [0, 0.1) is 0 Å². The molecule has 0 fully saturated rings. The Kier molecular flexibility index (Phi) is 7.36. The summed E-state index contributed by atoms with van der Waals surface area (Å²) in [6, 6.07) is 12.5. The van der Waals surface area contributed by atoms with Gasteiger partial charge in [0, 0.05) is 21.5 Å². The minimum Gasteiger partial charge on any atom is -0.492 e. The van der Waals surface area contributed by atoms with Crippen LogP contribution in [0.4, 0.5) is 5.00 Å². The Balaban J connectivity index is 1.61. The van der Waals surface area contributed by atoms with Crippen molar-refractivity contribution >= 4 is 61.5 Å². The van der Waals surface area contributed by atoms with E-state index < -0.39 is 5.97 Å². The van der Waals surface area contributed by atoms with Crippen LogP contribution in [0.5, 0.6) is 5.75 Å². The second-order valence-electron chi connectivity index (χ2n) is 6.10. The minimum atomic E-state index is -0.444. The minimum absolute atomic E-state index is 0.201. The average Bonchev–Trinajstić information content (AvgIpc) is 3.04. The highest BCUT2D eigenvalue weighted by atomic mass is 35.5. The molecule has 8 heteroatoms. The second kappa shape index (κ2) is 9.96. The first-order valence-corrected chi connectivity index (χ1v) is 10.6. The first-order valence-electron chi connectivity index (χ1n) is 9.06. The van der Waals surface area contributed by atoms with Crippen LogP contribution < -0.4 is 10.1 Å². The molecule has 152 valence electrons. The van der Waals surface area contributed by atoms with Gasteiger partial charge in [-0.25, -0.2) is 4.79 Å². The normalized spacial score (nSPS) is 10.7.